The van der Waals surface area contributed by atoms with Crippen molar-refractivity contribution in [2.24, 2.45) is 0 Å². The highest BCUT2D eigenvalue weighted by molar-refractivity contribution is 5.77. The molecule has 0 aromatic carbocycles. The van der Waals surface area contributed by atoms with Gasteiger partial charge in [0.25, 0.3) is 0 Å². The van der Waals surface area contributed by atoms with E-state index >= 15 is 0 Å². The van der Waals surface area contributed by atoms with Gasteiger partial charge in [0.05, 0.1) is 0 Å². The molecule has 0 radical (unpaired) electrons. The summed E-state index contributed by atoms with van der Waals surface area (Å²) >= 11 is 0. The molecule has 104 valence electrons. The van der Waals surface area contributed by atoms with Crippen molar-refractivity contribution in [3.8, 4) is 0 Å². The van der Waals surface area contributed by atoms with E-state index in [0.717, 1.165) is 44.6 Å². The lowest BCUT2D eigenvalue weighted by molar-refractivity contribution is -0.132. The van der Waals surface area contributed by atoms with Gasteiger partial charge in [0, 0.05) is 43.4 Å². The standard InChI is InChI=1S/C14H22N4O/c19-14(9-12-4-1-6-15-12)18-8-2-3-11(10-18)13-5-7-16-17-13/h5,7,11-12,15H,1-4,6,8-10H2,(H,16,17). The number of nitrogens with zero attached hydrogens (tertiary/aromatic N) is 2. The molecular formula is C14H22N4O. The zero-order chi connectivity index (χ0) is 13.1. The van der Waals surface area contributed by atoms with Gasteiger partial charge in [0.1, 0.15) is 0 Å². The third-order valence-electron chi connectivity index (χ3n) is 4.32. The van der Waals surface area contributed by atoms with Crippen LogP contribution in [0.2, 0.25) is 0 Å². The van der Waals surface area contributed by atoms with Gasteiger partial charge >= 0.3 is 0 Å². The molecule has 3 rings (SSSR count). The minimum atomic E-state index is 0.309. The Hall–Kier alpha value is -1.36. The van der Waals surface area contributed by atoms with Crippen molar-refractivity contribution in [3.63, 3.8) is 0 Å². The van der Waals surface area contributed by atoms with Crippen LogP contribution in [0.15, 0.2) is 12.3 Å². The number of amides is 1. The number of rotatable bonds is 3. The maximum Gasteiger partial charge on any atom is 0.224 e. The Morgan fingerprint density at radius 3 is 3.11 bits per heavy atom. The average molecular weight is 262 g/mol. The van der Waals surface area contributed by atoms with E-state index in [1.165, 1.54) is 6.42 Å². The molecule has 3 heterocycles. The minimum absolute atomic E-state index is 0.309. The van der Waals surface area contributed by atoms with Crippen LogP contribution in [-0.2, 0) is 4.79 Å². The second kappa shape index (κ2) is 5.74. The van der Waals surface area contributed by atoms with Crippen molar-refractivity contribution in [1.82, 2.24) is 20.4 Å². The summed E-state index contributed by atoms with van der Waals surface area (Å²) in [7, 11) is 0. The summed E-state index contributed by atoms with van der Waals surface area (Å²) in [5.74, 6) is 0.736. The van der Waals surface area contributed by atoms with Crippen LogP contribution in [0.5, 0.6) is 0 Å². The van der Waals surface area contributed by atoms with Crippen molar-refractivity contribution >= 4 is 5.91 Å². The van der Waals surface area contributed by atoms with Gasteiger partial charge in [-0.25, -0.2) is 0 Å². The fourth-order valence-corrected chi connectivity index (χ4v) is 3.22. The average Bonchev–Trinajstić information content (AvgIpc) is 3.12. The molecular weight excluding hydrogens is 240 g/mol. The molecule has 2 saturated heterocycles. The highest BCUT2D eigenvalue weighted by Gasteiger charge is 2.27. The summed E-state index contributed by atoms with van der Waals surface area (Å²) in [4.78, 5) is 14.4. The molecule has 2 unspecified atom stereocenters. The Labute approximate surface area is 113 Å². The smallest absolute Gasteiger partial charge is 0.224 e. The van der Waals surface area contributed by atoms with E-state index in [9.17, 15) is 4.79 Å². The van der Waals surface area contributed by atoms with Gasteiger partial charge < -0.3 is 10.2 Å². The first kappa shape index (κ1) is 12.7. The summed E-state index contributed by atoms with van der Waals surface area (Å²) in [6.45, 7) is 2.82. The summed E-state index contributed by atoms with van der Waals surface area (Å²) in [5.41, 5.74) is 1.16. The SMILES string of the molecule is O=C(CC1CCCN1)N1CCCC(c2ccn[nH]2)C1. The molecule has 0 aliphatic carbocycles. The summed E-state index contributed by atoms with van der Waals surface area (Å²) in [6, 6.07) is 2.43. The van der Waals surface area contributed by atoms with Gasteiger partial charge in [-0.05, 0) is 38.3 Å². The lowest BCUT2D eigenvalue weighted by Gasteiger charge is -2.33. The monoisotopic (exact) mass is 262 g/mol. The molecule has 2 fully saturated rings. The third kappa shape index (κ3) is 2.97. The van der Waals surface area contributed by atoms with Crippen LogP contribution < -0.4 is 5.32 Å². The lowest BCUT2D eigenvalue weighted by atomic mass is 9.94. The van der Waals surface area contributed by atoms with E-state index in [4.69, 9.17) is 0 Å². The van der Waals surface area contributed by atoms with E-state index in [2.05, 4.69) is 15.5 Å². The van der Waals surface area contributed by atoms with Crippen molar-refractivity contribution in [3.05, 3.63) is 18.0 Å². The molecule has 2 aliphatic heterocycles. The van der Waals surface area contributed by atoms with Crippen molar-refractivity contribution in [1.29, 1.82) is 0 Å². The van der Waals surface area contributed by atoms with Crippen LogP contribution in [0.25, 0.3) is 0 Å². The summed E-state index contributed by atoms with van der Waals surface area (Å²) < 4.78 is 0. The van der Waals surface area contributed by atoms with E-state index in [1.54, 1.807) is 6.20 Å². The van der Waals surface area contributed by atoms with E-state index in [1.807, 2.05) is 11.0 Å². The number of aromatic amines is 1. The van der Waals surface area contributed by atoms with Crippen LogP contribution in [0.3, 0.4) is 0 Å². The molecule has 2 N–H and O–H groups in total. The number of H-pyrrole nitrogens is 1. The minimum Gasteiger partial charge on any atom is -0.342 e. The van der Waals surface area contributed by atoms with Crippen LogP contribution in [-0.4, -0.2) is 46.7 Å². The Bertz CT molecular complexity index is 411. The molecule has 1 amide bonds. The predicted octanol–water partition coefficient (Wildman–Crippen LogP) is 1.26. The molecule has 1 aromatic heterocycles. The number of carbonyl (C=O) groups excluding carboxylic acids is 1. The highest BCUT2D eigenvalue weighted by Crippen LogP contribution is 2.26. The molecule has 5 nitrogen and oxygen atoms in total. The van der Waals surface area contributed by atoms with Gasteiger partial charge in [-0.2, -0.15) is 5.10 Å². The summed E-state index contributed by atoms with van der Waals surface area (Å²) in [5, 5.41) is 10.5. The fourth-order valence-electron chi connectivity index (χ4n) is 3.22. The van der Waals surface area contributed by atoms with Gasteiger partial charge in [-0.1, -0.05) is 0 Å². The number of nitrogens with one attached hydrogen (secondary N) is 2. The largest absolute Gasteiger partial charge is 0.342 e. The van der Waals surface area contributed by atoms with Gasteiger partial charge in [-0.3, -0.25) is 9.89 Å². The first-order chi connectivity index (χ1) is 9.33. The Morgan fingerprint density at radius 1 is 1.42 bits per heavy atom. The van der Waals surface area contributed by atoms with Gasteiger partial charge in [-0.15, -0.1) is 0 Å². The van der Waals surface area contributed by atoms with Crippen molar-refractivity contribution in [2.45, 2.75) is 44.1 Å². The van der Waals surface area contributed by atoms with Gasteiger partial charge in [0.15, 0.2) is 0 Å². The molecule has 2 aliphatic rings. The van der Waals surface area contributed by atoms with Crippen molar-refractivity contribution < 1.29 is 4.79 Å². The number of hydrogen-bond acceptors (Lipinski definition) is 3. The van der Waals surface area contributed by atoms with Crippen LogP contribution in [0.1, 0.15) is 43.7 Å². The second-order valence-electron chi connectivity index (χ2n) is 5.69. The van der Waals surface area contributed by atoms with Gasteiger partial charge in [0.2, 0.25) is 5.91 Å². The number of likely N-dealkylation sites (tertiary alicyclic amines) is 1. The predicted molar refractivity (Wildman–Crippen MR) is 72.8 cm³/mol. The van der Waals surface area contributed by atoms with E-state index < -0.39 is 0 Å². The maximum absolute atomic E-state index is 12.3. The lowest BCUT2D eigenvalue weighted by Crippen LogP contribution is -2.41. The molecule has 2 atom stereocenters. The number of carbonyl (C=O) groups is 1. The second-order valence-corrected chi connectivity index (χ2v) is 5.69. The molecule has 0 saturated carbocycles. The zero-order valence-electron chi connectivity index (χ0n) is 11.3. The normalized spacial score (nSPS) is 27.7. The Balaban J connectivity index is 1.56. The first-order valence-electron chi connectivity index (χ1n) is 7.33. The van der Waals surface area contributed by atoms with Crippen LogP contribution in [0, 0.1) is 0 Å². The maximum atomic E-state index is 12.3. The molecule has 0 bridgehead atoms. The first-order valence-corrected chi connectivity index (χ1v) is 7.33. The third-order valence-corrected chi connectivity index (χ3v) is 4.32. The van der Waals surface area contributed by atoms with E-state index in [-0.39, 0.29) is 0 Å². The fraction of sp³-hybridized carbons (Fsp3) is 0.714. The van der Waals surface area contributed by atoms with Crippen LogP contribution in [0.4, 0.5) is 0 Å². The van der Waals surface area contributed by atoms with E-state index in [0.29, 0.717) is 24.3 Å². The Kier molecular flexibility index (Phi) is 3.82. The molecule has 19 heavy (non-hydrogen) atoms. The number of piperidine rings is 1. The summed E-state index contributed by atoms with van der Waals surface area (Å²) in [6.07, 6.45) is 7.04. The number of hydrogen-bond donors (Lipinski definition) is 2. The van der Waals surface area contributed by atoms with Crippen molar-refractivity contribution in [2.75, 3.05) is 19.6 Å². The Morgan fingerprint density at radius 2 is 2.37 bits per heavy atom. The number of aromatic nitrogens is 2. The molecule has 5 heteroatoms. The molecule has 0 spiro atoms. The topological polar surface area (TPSA) is 61.0 Å². The van der Waals surface area contributed by atoms with Crippen LogP contribution >= 0.6 is 0 Å². The highest BCUT2D eigenvalue weighted by atomic mass is 16.2. The zero-order valence-corrected chi connectivity index (χ0v) is 11.3. The quantitative estimate of drug-likeness (QED) is 0.862. The molecule has 1 aromatic rings.